The van der Waals surface area contributed by atoms with E-state index in [0.29, 0.717) is 10.1 Å². The summed E-state index contributed by atoms with van der Waals surface area (Å²) in [5, 5.41) is 0. The fourth-order valence-corrected chi connectivity index (χ4v) is 1.74. The van der Waals surface area contributed by atoms with E-state index in [9.17, 15) is 17.6 Å². The van der Waals surface area contributed by atoms with Gasteiger partial charge in [0.2, 0.25) is 0 Å². The minimum atomic E-state index is -4.23. The van der Waals surface area contributed by atoms with Crippen molar-refractivity contribution in [1.29, 1.82) is 0 Å². The van der Waals surface area contributed by atoms with Gasteiger partial charge < -0.3 is 0 Å². The Morgan fingerprint density at radius 2 is 1.94 bits per heavy atom. The smallest absolute Gasteiger partial charge is 0.263 e. The third-order valence-electron chi connectivity index (χ3n) is 2.51. The van der Waals surface area contributed by atoms with E-state index in [0.717, 1.165) is 0 Å². The zero-order chi connectivity index (χ0) is 12.6. The lowest BCUT2D eigenvalue weighted by atomic mass is 10.3. The molecule has 0 saturated carbocycles. The second-order valence-corrected chi connectivity index (χ2v) is 3.59. The standard InChI is InChI=1S/C11H10F4N2/c1-2-9-16-7-5-3-4-6-8(7)17(9)11(14,15)10(12)13/h3-6,10H,2H2,1H3. The summed E-state index contributed by atoms with van der Waals surface area (Å²) >= 11 is 0. The highest BCUT2D eigenvalue weighted by Gasteiger charge is 2.45. The molecule has 0 fully saturated rings. The van der Waals surface area contributed by atoms with E-state index in [-0.39, 0.29) is 17.8 Å². The summed E-state index contributed by atoms with van der Waals surface area (Å²) < 4.78 is 52.1. The largest absolute Gasteiger partial charge is 0.390 e. The molecule has 6 heteroatoms. The summed E-state index contributed by atoms with van der Waals surface area (Å²) in [6, 6.07) is 1.78. The van der Waals surface area contributed by atoms with Crippen molar-refractivity contribution < 1.29 is 17.6 Å². The van der Waals surface area contributed by atoms with Gasteiger partial charge in [0.05, 0.1) is 11.0 Å². The highest BCUT2D eigenvalue weighted by molar-refractivity contribution is 5.76. The molecule has 0 bridgehead atoms. The summed E-state index contributed by atoms with van der Waals surface area (Å²) in [6.07, 6.45) is -3.60. The molecule has 0 spiro atoms. The fourth-order valence-electron chi connectivity index (χ4n) is 1.74. The molecular weight excluding hydrogens is 236 g/mol. The number of hydrogen-bond donors (Lipinski definition) is 0. The predicted molar refractivity (Wildman–Crippen MR) is 55.3 cm³/mol. The first-order valence-electron chi connectivity index (χ1n) is 5.11. The van der Waals surface area contributed by atoms with Crippen LogP contribution in [0.2, 0.25) is 0 Å². The minimum absolute atomic E-state index is 0.0228. The lowest BCUT2D eigenvalue weighted by molar-refractivity contribution is -0.188. The van der Waals surface area contributed by atoms with Gasteiger partial charge in [-0.15, -0.1) is 0 Å². The molecule has 17 heavy (non-hydrogen) atoms. The van der Waals surface area contributed by atoms with Crippen LogP contribution >= 0.6 is 0 Å². The molecule has 0 amide bonds. The lowest BCUT2D eigenvalue weighted by Gasteiger charge is -2.19. The molecule has 1 aromatic heterocycles. The Balaban J connectivity index is 2.74. The summed E-state index contributed by atoms with van der Waals surface area (Å²) in [7, 11) is 0. The van der Waals surface area contributed by atoms with Gasteiger partial charge >= 0.3 is 12.5 Å². The second-order valence-electron chi connectivity index (χ2n) is 3.59. The summed E-state index contributed by atoms with van der Waals surface area (Å²) in [5.74, 6) is -0.0449. The third-order valence-corrected chi connectivity index (χ3v) is 2.51. The van der Waals surface area contributed by atoms with Crippen molar-refractivity contribution in [1.82, 2.24) is 9.55 Å². The van der Waals surface area contributed by atoms with Crippen molar-refractivity contribution in [2.45, 2.75) is 25.8 Å². The molecule has 0 radical (unpaired) electrons. The first-order chi connectivity index (χ1) is 7.98. The molecule has 0 aliphatic heterocycles. The van der Waals surface area contributed by atoms with Crippen LogP contribution in [-0.4, -0.2) is 16.0 Å². The van der Waals surface area contributed by atoms with E-state index in [2.05, 4.69) is 4.98 Å². The fraction of sp³-hybridized carbons (Fsp3) is 0.364. The Hall–Kier alpha value is -1.59. The van der Waals surface area contributed by atoms with Crippen LogP contribution in [0.4, 0.5) is 17.6 Å². The van der Waals surface area contributed by atoms with Crippen molar-refractivity contribution in [3.05, 3.63) is 30.1 Å². The summed E-state index contributed by atoms with van der Waals surface area (Å²) in [4.78, 5) is 3.93. The van der Waals surface area contributed by atoms with E-state index in [1.807, 2.05) is 0 Å². The number of aromatic nitrogens is 2. The lowest BCUT2D eigenvalue weighted by Crippen LogP contribution is -2.32. The molecule has 0 aliphatic carbocycles. The van der Waals surface area contributed by atoms with E-state index >= 15 is 0 Å². The molecule has 0 aliphatic rings. The van der Waals surface area contributed by atoms with Gasteiger partial charge in [0, 0.05) is 6.42 Å². The van der Waals surface area contributed by atoms with Gasteiger partial charge in [-0.2, -0.15) is 8.78 Å². The van der Waals surface area contributed by atoms with Gasteiger partial charge in [0.1, 0.15) is 5.82 Å². The number of para-hydroxylation sites is 2. The number of hydrogen-bond acceptors (Lipinski definition) is 1. The summed E-state index contributed by atoms with van der Waals surface area (Å²) in [6.45, 7) is 1.60. The number of nitrogens with zero attached hydrogens (tertiary/aromatic N) is 2. The molecule has 0 unspecified atom stereocenters. The van der Waals surface area contributed by atoms with Gasteiger partial charge in [-0.3, -0.25) is 4.57 Å². The zero-order valence-corrected chi connectivity index (χ0v) is 9.00. The molecule has 0 saturated heterocycles. The average molecular weight is 246 g/mol. The molecule has 2 aromatic rings. The molecule has 92 valence electrons. The number of halogens is 4. The van der Waals surface area contributed by atoms with Gasteiger partial charge in [-0.1, -0.05) is 19.1 Å². The van der Waals surface area contributed by atoms with Crippen molar-refractivity contribution in [3.63, 3.8) is 0 Å². The minimum Gasteiger partial charge on any atom is -0.263 e. The summed E-state index contributed by atoms with van der Waals surface area (Å²) in [5.41, 5.74) is 0.319. The number of rotatable bonds is 3. The second kappa shape index (κ2) is 4.01. The maximum absolute atomic E-state index is 13.5. The van der Waals surface area contributed by atoms with Gasteiger partial charge in [0.25, 0.3) is 0 Å². The zero-order valence-electron chi connectivity index (χ0n) is 9.00. The highest BCUT2D eigenvalue weighted by Crippen LogP contribution is 2.33. The maximum Gasteiger partial charge on any atom is 0.390 e. The van der Waals surface area contributed by atoms with Crippen molar-refractivity contribution in [2.24, 2.45) is 0 Å². The third kappa shape index (κ3) is 1.77. The number of aryl methyl sites for hydroxylation is 1. The van der Waals surface area contributed by atoms with Crippen LogP contribution in [0, 0.1) is 0 Å². The molecule has 0 atom stereocenters. The van der Waals surface area contributed by atoms with Gasteiger partial charge in [-0.25, -0.2) is 13.8 Å². The van der Waals surface area contributed by atoms with Crippen molar-refractivity contribution in [2.75, 3.05) is 0 Å². The van der Waals surface area contributed by atoms with Crippen molar-refractivity contribution in [3.8, 4) is 0 Å². The quantitative estimate of drug-likeness (QED) is 0.759. The number of alkyl halides is 4. The van der Waals surface area contributed by atoms with Crippen LogP contribution in [0.1, 0.15) is 12.7 Å². The van der Waals surface area contributed by atoms with Crippen LogP contribution in [0.15, 0.2) is 24.3 Å². The van der Waals surface area contributed by atoms with Crippen LogP contribution in [0.3, 0.4) is 0 Å². The first kappa shape index (κ1) is 11.9. The predicted octanol–water partition coefficient (Wildman–Crippen LogP) is 3.41. The molecule has 1 aromatic carbocycles. The Bertz CT molecular complexity index is 533. The Morgan fingerprint density at radius 3 is 2.53 bits per heavy atom. The van der Waals surface area contributed by atoms with E-state index in [4.69, 9.17) is 0 Å². The molecule has 2 nitrogen and oxygen atoms in total. The van der Waals surface area contributed by atoms with Gasteiger partial charge in [-0.05, 0) is 12.1 Å². The van der Waals surface area contributed by atoms with E-state index in [1.54, 1.807) is 13.0 Å². The number of benzene rings is 1. The number of fused-ring (bicyclic) bond motifs is 1. The number of imidazole rings is 1. The average Bonchev–Trinajstić information content (AvgIpc) is 2.67. The Morgan fingerprint density at radius 1 is 1.29 bits per heavy atom. The van der Waals surface area contributed by atoms with Gasteiger partial charge in [0.15, 0.2) is 0 Å². The SMILES string of the molecule is CCc1nc2ccccc2n1C(F)(F)C(F)F. The molecule has 2 rings (SSSR count). The first-order valence-corrected chi connectivity index (χ1v) is 5.11. The monoisotopic (exact) mass is 246 g/mol. The maximum atomic E-state index is 13.5. The normalized spacial score (nSPS) is 12.6. The van der Waals surface area contributed by atoms with Crippen LogP contribution in [0.5, 0.6) is 0 Å². The van der Waals surface area contributed by atoms with E-state index in [1.165, 1.54) is 18.2 Å². The van der Waals surface area contributed by atoms with Crippen LogP contribution in [-0.2, 0) is 12.5 Å². The van der Waals surface area contributed by atoms with E-state index < -0.39 is 12.5 Å². The topological polar surface area (TPSA) is 17.8 Å². The van der Waals surface area contributed by atoms with Crippen molar-refractivity contribution >= 4 is 11.0 Å². The highest BCUT2D eigenvalue weighted by atomic mass is 19.3. The molecular formula is C11H10F4N2. The molecule has 0 N–H and O–H groups in total. The van der Waals surface area contributed by atoms with Crippen LogP contribution < -0.4 is 0 Å². The van der Waals surface area contributed by atoms with Crippen LogP contribution in [0.25, 0.3) is 11.0 Å². The molecule has 1 heterocycles. The Kier molecular flexibility index (Phi) is 2.81. The Labute approximate surface area is 94.9 Å².